The quantitative estimate of drug-likeness (QED) is 0.511. The van der Waals surface area contributed by atoms with Crippen molar-refractivity contribution in [3.8, 4) is 0 Å². The molecule has 0 aromatic heterocycles. The summed E-state index contributed by atoms with van der Waals surface area (Å²) in [5.74, 6) is 0. The van der Waals surface area contributed by atoms with Crippen LogP contribution in [0.3, 0.4) is 0 Å². The molecule has 5 heteroatoms. The van der Waals surface area contributed by atoms with E-state index in [9.17, 15) is 4.57 Å². The van der Waals surface area contributed by atoms with Crippen LogP contribution in [0.15, 0.2) is 0 Å². The van der Waals surface area contributed by atoms with Crippen LogP contribution in [-0.2, 0) is 13.6 Å². The third kappa shape index (κ3) is 5.81. The molecule has 0 atom stereocenters. The van der Waals surface area contributed by atoms with Gasteiger partial charge in [-0.15, -0.1) is 0 Å². The monoisotopic (exact) mass is 205 g/mol. The summed E-state index contributed by atoms with van der Waals surface area (Å²) in [5.41, 5.74) is 0. The van der Waals surface area contributed by atoms with E-state index in [-0.39, 0.29) is 18.5 Å². The molecule has 0 bridgehead atoms. The van der Waals surface area contributed by atoms with Crippen molar-refractivity contribution in [1.29, 1.82) is 0 Å². The van der Waals surface area contributed by atoms with Gasteiger partial charge in [-0.2, -0.15) is 0 Å². The van der Waals surface area contributed by atoms with Crippen molar-refractivity contribution >= 4 is 7.60 Å². The van der Waals surface area contributed by atoms with E-state index in [1.165, 1.54) is 0 Å². The fourth-order valence-corrected chi connectivity index (χ4v) is 2.46. The van der Waals surface area contributed by atoms with Crippen molar-refractivity contribution in [1.82, 2.24) is 0 Å². The van der Waals surface area contributed by atoms with Gasteiger partial charge in [-0.3, -0.25) is 4.57 Å². The van der Waals surface area contributed by atoms with E-state index in [1.807, 2.05) is 0 Å². The smallest absolute Gasteiger partial charge is 0.303 e. The van der Waals surface area contributed by atoms with E-state index in [0.29, 0.717) is 0 Å². The molecule has 0 rings (SSSR count). The van der Waals surface area contributed by atoms with Crippen molar-refractivity contribution in [2.24, 2.45) is 0 Å². The lowest BCUT2D eigenvalue weighted by atomic mass is 10.5. The predicted octanol–water partition coefficient (Wildman–Crippen LogP) is 2.91. The van der Waals surface area contributed by atoms with Gasteiger partial charge in [-0.1, -0.05) is 0 Å². The van der Waals surface area contributed by atoms with Gasteiger partial charge in [0.05, 0.1) is 12.2 Å². The van der Waals surface area contributed by atoms with Gasteiger partial charge in [-0.05, 0) is 27.7 Å². The average molecular weight is 205 g/mol. The van der Waals surface area contributed by atoms with Crippen LogP contribution in [0, 0.1) is 6.57 Å². The topological polar surface area (TPSA) is 39.9 Å². The second kappa shape index (κ2) is 5.39. The minimum Gasteiger partial charge on any atom is -0.303 e. The maximum atomic E-state index is 11.8. The summed E-state index contributed by atoms with van der Waals surface area (Å²) < 4.78 is 22.0. The minimum absolute atomic E-state index is 0.189. The first kappa shape index (κ1) is 12.6. The SMILES string of the molecule is [C-]#[N+]CP(=O)(OC(C)C)OC(C)C. The highest BCUT2D eigenvalue weighted by molar-refractivity contribution is 7.54. The van der Waals surface area contributed by atoms with Gasteiger partial charge >= 0.3 is 13.9 Å². The Morgan fingerprint density at radius 3 is 1.85 bits per heavy atom. The first-order chi connectivity index (χ1) is 5.89. The highest BCUT2D eigenvalue weighted by Gasteiger charge is 2.31. The van der Waals surface area contributed by atoms with Crippen LogP contribution >= 0.6 is 7.60 Å². The number of nitrogens with zero attached hydrogens (tertiary/aromatic N) is 1. The van der Waals surface area contributed by atoms with Gasteiger partial charge in [0.2, 0.25) is 0 Å². The summed E-state index contributed by atoms with van der Waals surface area (Å²) in [6, 6.07) is 0. The predicted molar refractivity (Wildman–Crippen MR) is 51.5 cm³/mol. The Hall–Kier alpha value is -0.360. The second-order valence-corrected chi connectivity index (χ2v) is 5.15. The zero-order chi connectivity index (χ0) is 10.5. The molecule has 0 heterocycles. The zero-order valence-corrected chi connectivity index (χ0v) is 9.38. The molecule has 4 nitrogen and oxygen atoms in total. The van der Waals surface area contributed by atoms with Crippen molar-refractivity contribution < 1.29 is 13.6 Å². The molecule has 76 valence electrons. The molecule has 0 aromatic rings. The van der Waals surface area contributed by atoms with Crippen LogP contribution < -0.4 is 0 Å². The molecule has 0 aliphatic rings. The number of hydrogen-bond acceptors (Lipinski definition) is 3. The Kier molecular flexibility index (Phi) is 5.24. The van der Waals surface area contributed by atoms with E-state index < -0.39 is 7.60 Å². The van der Waals surface area contributed by atoms with Crippen LogP contribution in [0.1, 0.15) is 27.7 Å². The Bertz CT molecular complexity index is 218. The van der Waals surface area contributed by atoms with Crippen LogP contribution in [0.25, 0.3) is 4.85 Å². The lowest BCUT2D eigenvalue weighted by Crippen LogP contribution is -2.08. The van der Waals surface area contributed by atoms with Crippen LogP contribution in [-0.4, -0.2) is 18.5 Å². The van der Waals surface area contributed by atoms with Gasteiger partial charge in [0.25, 0.3) is 0 Å². The lowest BCUT2D eigenvalue weighted by molar-refractivity contribution is 0.144. The molecule has 0 aliphatic carbocycles. The van der Waals surface area contributed by atoms with Gasteiger partial charge in [0.15, 0.2) is 0 Å². The maximum absolute atomic E-state index is 11.8. The molecular formula is C8H16NO3P. The molecule has 0 aliphatic heterocycles. The molecule has 0 unspecified atom stereocenters. The van der Waals surface area contributed by atoms with Gasteiger partial charge in [0, 0.05) is 0 Å². The van der Waals surface area contributed by atoms with Gasteiger partial charge < -0.3 is 13.9 Å². The van der Waals surface area contributed by atoms with Gasteiger partial charge in [-0.25, -0.2) is 6.57 Å². The Labute approximate surface area is 79.6 Å². The summed E-state index contributed by atoms with van der Waals surface area (Å²) in [4.78, 5) is 3.05. The molecular weight excluding hydrogens is 189 g/mol. The third-order valence-electron chi connectivity index (χ3n) is 0.987. The summed E-state index contributed by atoms with van der Waals surface area (Å²) >= 11 is 0. The summed E-state index contributed by atoms with van der Waals surface area (Å²) in [7, 11) is -3.19. The molecule has 0 radical (unpaired) electrons. The molecule has 0 amide bonds. The molecule has 0 aromatic carbocycles. The summed E-state index contributed by atoms with van der Waals surface area (Å²) in [6.45, 7) is 13.7. The van der Waals surface area contributed by atoms with E-state index in [0.717, 1.165) is 0 Å². The first-order valence-electron chi connectivity index (χ1n) is 4.18. The normalized spacial score (nSPS) is 12.1. The molecule has 13 heavy (non-hydrogen) atoms. The number of rotatable bonds is 5. The molecule has 0 saturated heterocycles. The fourth-order valence-electron chi connectivity index (χ4n) is 0.821. The van der Waals surface area contributed by atoms with Crippen LogP contribution in [0.4, 0.5) is 0 Å². The van der Waals surface area contributed by atoms with Crippen LogP contribution in [0.5, 0.6) is 0 Å². The lowest BCUT2D eigenvalue weighted by Gasteiger charge is -2.18. The fraction of sp³-hybridized carbons (Fsp3) is 0.875. The Morgan fingerprint density at radius 1 is 1.23 bits per heavy atom. The standard InChI is InChI=1S/C8H16NO3P/c1-7(2)11-13(10,6-9-5)12-8(3)4/h7-8H,6H2,1-4H3. The average Bonchev–Trinajstić information content (AvgIpc) is 1.81. The molecule has 0 saturated carbocycles. The van der Waals surface area contributed by atoms with E-state index in [2.05, 4.69) is 4.85 Å². The summed E-state index contributed by atoms with van der Waals surface area (Å²) in [6.07, 6.45) is -0.582. The largest absolute Gasteiger partial charge is 0.409 e. The highest BCUT2D eigenvalue weighted by atomic mass is 31.2. The molecule has 0 spiro atoms. The minimum atomic E-state index is -3.19. The Morgan fingerprint density at radius 2 is 1.62 bits per heavy atom. The van der Waals surface area contributed by atoms with E-state index in [1.54, 1.807) is 27.7 Å². The molecule has 0 fully saturated rings. The van der Waals surface area contributed by atoms with Crippen LogP contribution in [0.2, 0.25) is 0 Å². The second-order valence-electron chi connectivity index (χ2n) is 3.22. The zero-order valence-electron chi connectivity index (χ0n) is 8.48. The third-order valence-corrected chi connectivity index (χ3v) is 2.96. The first-order valence-corrected chi connectivity index (χ1v) is 5.91. The summed E-state index contributed by atoms with van der Waals surface area (Å²) in [5, 5.41) is 0. The maximum Gasteiger partial charge on any atom is 0.409 e. The van der Waals surface area contributed by atoms with Crippen molar-refractivity contribution in [2.75, 3.05) is 6.29 Å². The van der Waals surface area contributed by atoms with Crippen molar-refractivity contribution in [3.63, 3.8) is 0 Å². The van der Waals surface area contributed by atoms with E-state index >= 15 is 0 Å². The number of hydrogen-bond donors (Lipinski definition) is 0. The van der Waals surface area contributed by atoms with E-state index in [4.69, 9.17) is 15.6 Å². The highest BCUT2D eigenvalue weighted by Crippen LogP contribution is 2.50. The Balaban J connectivity index is 4.36. The van der Waals surface area contributed by atoms with Crippen molar-refractivity contribution in [3.05, 3.63) is 11.4 Å². The van der Waals surface area contributed by atoms with Crippen molar-refractivity contribution in [2.45, 2.75) is 39.9 Å². The molecule has 0 N–H and O–H groups in total. The van der Waals surface area contributed by atoms with Gasteiger partial charge in [0.1, 0.15) is 0 Å².